The number of benzene rings is 1. The Morgan fingerprint density at radius 1 is 0.880 bits per heavy atom. The van der Waals surface area contributed by atoms with Gasteiger partial charge in [-0.05, 0) is 60.5 Å². The largest absolute Gasteiger partial charge is 0.261 e. The minimum absolute atomic E-state index is 0.269. The summed E-state index contributed by atoms with van der Waals surface area (Å²) in [6.07, 6.45) is 4.40. The van der Waals surface area contributed by atoms with Crippen molar-refractivity contribution in [2.75, 3.05) is 0 Å². The van der Waals surface area contributed by atoms with Crippen LogP contribution in [0.1, 0.15) is 66.4 Å². The Labute approximate surface area is 159 Å². The maximum Gasteiger partial charge on any atom is 0.261 e. The number of halogens is 1. The first-order valence-corrected chi connectivity index (χ1v) is 11.9. The average Bonchev–Trinajstić information content (AvgIpc) is 2.48. The molecule has 0 amide bonds. The summed E-state index contributed by atoms with van der Waals surface area (Å²) in [5, 5.41) is 0. The minimum Gasteiger partial charge on any atom is -0.207 e. The molecule has 0 N–H and O–H groups in total. The molecule has 2 atom stereocenters. The van der Waals surface area contributed by atoms with Crippen molar-refractivity contribution in [1.29, 1.82) is 0 Å². The maximum atomic E-state index is 11.9. The van der Waals surface area contributed by atoms with Crippen LogP contribution in [-0.2, 0) is 15.5 Å². The van der Waals surface area contributed by atoms with Gasteiger partial charge in [0.15, 0.2) is 0 Å². The van der Waals surface area contributed by atoms with E-state index >= 15 is 0 Å². The van der Waals surface area contributed by atoms with Crippen molar-refractivity contribution < 1.29 is 8.42 Å². The van der Waals surface area contributed by atoms with Crippen molar-refractivity contribution in [2.45, 2.75) is 72.1 Å². The standard InChI is InChI=1S/C21H35ClO2S/c1-15(2)11-12-18(16(3)4)13-20(17(5)6)14-19-9-7-8-10-21(19)25(22,23)24/h7-10,15-18,20H,11-14H2,1-6H3. The Hall–Kier alpha value is -0.540. The van der Waals surface area contributed by atoms with Gasteiger partial charge < -0.3 is 0 Å². The quantitative estimate of drug-likeness (QED) is 0.428. The zero-order valence-corrected chi connectivity index (χ0v) is 18.2. The Morgan fingerprint density at radius 2 is 1.44 bits per heavy atom. The molecule has 1 aromatic rings. The summed E-state index contributed by atoms with van der Waals surface area (Å²) in [5.74, 6) is 3.01. The molecule has 0 bridgehead atoms. The Morgan fingerprint density at radius 3 is 1.92 bits per heavy atom. The van der Waals surface area contributed by atoms with Crippen LogP contribution in [0, 0.1) is 29.6 Å². The highest BCUT2D eigenvalue weighted by atomic mass is 35.7. The summed E-state index contributed by atoms with van der Waals surface area (Å²) < 4.78 is 23.8. The highest BCUT2D eigenvalue weighted by molar-refractivity contribution is 8.13. The first-order valence-electron chi connectivity index (χ1n) is 9.54. The molecule has 0 radical (unpaired) electrons. The fourth-order valence-corrected chi connectivity index (χ4v) is 4.60. The summed E-state index contributed by atoms with van der Waals surface area (Å²) in [6.45, 7) is 13.6. The molecule has 0 aliphatic heterocycles. The lowest BCUT2D eigenvalue weighted by molar-refractivity contribution is 0.228. The van der Waals surface area contributed by atoms with E-state index in [9.17, 15) is 8.42 Å². The maximum absolute atomic E-state index is 11.9. The molecule has 144 valence electrons. The van der Waals surface area contributed by atoms with Crippen LogP contribution in [0.2, 0.25) is 0 Å². The molecular formula is C21H35ClO2S. The normalized spacial score (nSPS) is 15.1. The molecule has 0 saturated heterocycles. The first-order chi connectivity index (χ1) is 11.5. The molecule has 0 fully saturated rings. The van der Waals surface area contributed by atoms with Gasteiger partial charge in [-0.3, -0.25) is 0 Å². The van der Waals surface area contributed by atoms with Gasteiger partial charge in [0.25, 0.3) is 9.05 Å². The SMILES string of the molecule is CC(C)CCC(CC(Cc1ccccc1S(=O)(=O)Cl)C(C)C)C(C)C. The topological polar surface area (TPSA) is 34.1 Å². The van der Waals surface area contributed by atoms with Gasteiger partial charge in [0.2, 0.25) is 0 Å². The van der Waals surface area contributed by atoms with Gasteiger partial charge in [-0.1, -0.05) is 66.2 Å². The zero-order chi connectivity index (χ0) is 19.2. The van der Waals surface area contributed by atoms with Crippen LogP contribution in [-0.4, -0.2) is 8.42 Å². The molecule has 0 saturated carbocycles. The van der Waals surface area contributed by atoms with Gasteiger partial charge in [0, 0.05) is 10.7 Å². The molecule has 2 unspecified atom stereocenters. The molecule has 25 heavy (non-hydrogen) atoms. The van der Waals surface area contributed by atoms with E-state index in [2.05, 4.69) is 41.5 Å². The van der Waals surface area contributed by atoms with E-state index in [1.54, 1.807) is 12.1 Å². The van der Waals surface area contributed by atoms with Crippen molar-refractivity contribution in [3.63, 3.8) is 0 Å². The number of hydrogen-bond acceptors (Lipinski definition) is 2. The van der Waals surface area contributed by atoms with Gasteiger partial charge in [-0.25, -0.2) is 8.42 Å². The van der Waals surface area contributed by atoms with Gasteiger partial charge in [-0.2, -0.15) is 0 Å². The van der Waals surface area contributed by atoms with E-state index < -0.39 is 9.05 Å². The lowest BCUT2D eigenvalue weighted by Crippen LogP contribution is -2.21. The molecular weight excluding hydrogens is 352 g/mol. The van der Waals surface area contributed by atoms with E-state index in [1.807, 2.05) is 12.1 Å². The fraction of sp³-hybridized carbons (Fsp3) is 0.714. The van der Waals surface area contributed by atoms with E-state index in [0.717, 1.165) is 24.3 Å². The van der Waals surface area contributed by atoms with Crippen molar-refractivity contribution in [1.82, 2.24) is 0 Å². The molecule has 0 aromatic heterocycles. The summed E-state index contributed by atoms with van der Waals surface area (Å²) >= 11 is 0. The van der Waals surface area contributed by atoms with Crippen LogP contribution in [0.4, 0.5) is 0 Å². The molecule has 1 aromatic carbocycles. The third kappa shape index (κ3) is 7.70. The van der Waals surface area contributed by atoms with Gasteiger partial charge in [-0.15, -0.1) is 0 Å². The van der Waals surface area contributed by atoms with E-state index in [0.29, 0.717) is 23.7 Å². The van der Waals surface area contributed by atoms with Gasteiger partial charge >= 0.3 is 0 Å². The van der Waals surface area contributed by atoms with E-state index in [1.165, 1.54) is 12.8 Å². The molecule has 0 heterocycles. The van der Waals surface area contributed by atoms with Crippen LogP contribution in [0.15, 0.2) is 29.2 Å². The van der Waals surface area contributed by atoms with Gasteiger partial charge in [0.05, 0.1) is 4.90 Å². The first kappa shape index (κ1) is 22.5. The smallest absolute Gasteiger partial charge is 0.207 e. The second-order valence-electron chi connectivity index (χ2n) is 8.46. The average molecular weight is 387 g/mol. The van der Waals surface area contributed by atoms with Crippen molar-refractivity contribution in [3.8, 4) is 0 Å². The molecule has 0 aliphatic carbocycles. The van der Waals surface area contributed by atoms with Crippen LogP contribution in [0.5, 0.6) is 0 Å². The third-order valence-electron chi connectivity index (χ3n) is 5.32. The predicted octanol–water partition coefficient (Wildman–Crippen LogP) is 6.53. The van der Waals surface area contributed by atoms with E-state index in [4.69, 9.17) is 10.7 Å². The third-order valence-corrected chi connectivity index (χ3v) is 6.75. The lowest BCUT2D eigenvalue weighted by Gasteiger charge is -2.30. The van der Waals surface area contributed by atoms with Crippen molar-refractivity contribution >= 4 is 19.7 Å². The highest BCUT2D eigenvalue weighted by Crippen LogP contribution is 2.33. The Bertz CT molecular complexity index is 621. The fourth-order valence-electron chi connectivity index (χ4n) is 3.44. The Kier molecular flexibility index (Phi) is 8.97. The monoisotopic (exact) mass is 386 g/mol. The van der Waals surface area contributed by atoms with Crippen LogP contribution < -0.4 is 0 Å². The minimum atomic E-state index is -3.70. The summed E-state index contributed by atoms with van der Waals surface area (Å²) in [6, 6.07) is 7.16. The molecule has 0 spiro atoms. The molecule has 1 rings (SSSR count). The van der Waals surface area contributed by atoms with Crippen LogP contribution in [0.3, 0.4) is 0 Å². The van der Waals surface area contributed by atoms with Crippen molar-refractivity contribution in [3.05, 3.63) is 29.8 Å². The molecule has 2 nitrogen and oxygen atoms in total. The highest BCUT2D eigenvalue weighted by Gasteiger charge is 2.24. The van der Waals surface area contributed by atoms with E-state index in [-0.39, 0.29) is 4.90 Å². The zero-order valence-electron chi connectivity index (χ0n) is 16.6. The van der Waals surface area contributed by atoms with Crippen molar-refractivity contribution in [2.24, 2.45) is 29.6 Å². The second-order valence-corrected chi connectivity index (χ2v) is 11.0. The Balaban J connectivity index is 2.98. The number of rotatable bonds is 10. The summed E-state index contributed by atoms with van der Waals surface area (Å²) in [4.78, 5) is 0.269. The van der Waals surface area contributed by atoms with Gasteiger partial charge in [0.1, 0.15) is 0 Å². The number of hydrogen-bond donors (Lipinski definition) is 0. The van der Waals surface area contributed by atoms with Crippen LogP contribution in [0.25, 0.3) is 0 Å². The summed E-state index contributed by atoms with van der Waals surface area (Å²) in [7, 11) is 1.94. The van der Waals surface area contributed by atoms with Crippen LogP contribution >= 0.6 is 10.7 Å². The summed E-state index contributed by atoms with van der Waals surface area (Å²) in [5.41, 5.74) is 0.850. The predicted molar refractivity (Wildman–Crippen MR) is 109 cm³/mol. The molecule has 0 aliphatic rings. The lowest BCUT2D eigenvalue weighted by atomic mass is 9.76. The molecule has 4 heteroatoms. The second kappa shape index (κ2) is 9.97.